The Balaban J connectivity index is -0.0000000450. The van der Waals surface area contributed by atoms with Crippen LogP contribution in [0.2, 0.25) is 0 Å². The minimum absolute atomic E-state index is 0. The van der Waals surface area contributed by atoms with Crippen molar-refractivity contribution < 1.29 is 17.1 Å². The van der Waals surface area contributed by atoms with Crippen LogP contribution in [0.15, 0.2) is 0 Å². The Labute approximate surface area is 59.0 Å². The molecule has 6 heavy (non-hydrogen) atoms. The molecule has 0 saturated heterocycles. The van der Waals surface area contributed by atoms with Crippen LogP contribution in [-0.4, -0.2) is 30.2 Å². The first kappa shape index (κ1) is 15.8. The Morgan fingerprint density at radius 3 is 1.17 bits per heavy atom. The van der Waals surface area contributed by atoms with E-state index in [1.807, 2.05) is 0 Å². The summed E-state index contributed by atoms with van der Waals surface area (Å²) in [5, 5.41) is 0. The van der Waals surface area contributed by atoms with E-state index >= 15 is 0 Å². The van der Waals surface area contributed by atoms with Gasteiger partial charge in [-0.15, -0.1) is 0 Å². The molecule has 0 atom stereocenters. The third kappa shape index (κ3) is 20.3. The van der Waals surface area contributed by atoms with E-state index < -0.39 is 0 Å². The summed E-state index contributed by atoms with van der Waals surface area (Å²) in [5.74, 6) is 0. The Bertz CT molecular complexity index is 13.5. The van der Waals surface area contributed by atoms with Gasteiger partial charge in [-0.05, 0) is 0 Å². The molecule has 0 aliphatic rings. The van der Waals surface area contributed by atoms with Gasteiger partial charge in [-0.25, -0.2) is 0 Å². The smallest absolute Gasteiger partial charge is 2.00 e. The van der Waals surface area contributed by atoms with Crippen molar-refractivity contribution in [2.24, 2.45) is 11.5 Å². The van der Waals surface area contributed by atoms with Crippen molar-refractivity contribution in [2.75, 3.05) is 13.1 Å². The zero-order valence-corrected chi connectivity index (χ0v) is 5.93. The quantitative estimate of drug-likeness (QED) is 0.510. The predicted molar refractivity (Wildman–Crippen MR) is 23.9 cm³/mol. The molecule has 4 heteroatoms. The monoisotopic (exact) mass is 203 g/mol. The summed E-state index contributed by atoms with van der Waals surface area (Å²) < 4.78 is 0. The van der Waals surface area contributed by atoms with E-state index in [0.717, 1.165) is 0 Å². The zero-order valence-electron chi connectivity index (χ0n) is 3.28. The molecule has 4 N–H and O–H groups in total. The molecule has 0 aliphatic carbocycles. The van der Waals surface area contributed by atoms with Crippen LogP contribution >= 0.6 is 0 Å². The van der Waals surface area contributed by atoms with Crippen molar-refractivity contribution in [2.45, 2.75) is 0 Å². The van der Waals surface area contributed by atoms with E-state index in [1.165, 1.54) is 0 Å². The molecule has 0 spiro atoms. The maximum Gasteiger partial charge on any atom is 2.00 e. The Morgan fingerprint density at radius 1 is 1.00 bits per heavy atom. The van der Waals surface area contributed by atoms with Crippen LogP contribution in [0.1, 0.15) is 0 Å². The first-order chi connectivity index (χ1) is 1.91. The fourth-order valence-corrected chi connectivity index (χ4v) is 0. The second-order valence-corrected chi connectivity index (χ2v) is 0.577. The maximum absolute atomic E-state index is 4.90. The van der Waals surface area contributed by atoms with Crippen molar-refractivity contribution in [3.8, 4) is 0 Å². The van der Waals surface area contributed by atoms with Crippen molar-refractivity contribution in [3.05, 3.63) is 0 Å². The number of hydrogen-bond acceptors (Lipinski definition) is 2. The van der Waals surface area contributed by atoms with E-state index in [2.05, 4.69) is 0 Å². The van der Waals surface area contributed by atoms with Crippen LogP contribution in [0.3, 0.4) is 0 Å². The van der Waals surface area contributed by atoms with Crippen LogP contribution in [-0.2, 0) is 17.1 Å². The Kier molecular flexibility index (Phi) is 44.0. The number of nitrogens with two attached hydrogens (primary N) is 2. The fraction of sp³-hybridized carbons (Fsp3) is 1.00. The second-order valence-electron chi connectivity index (χ2n) is 0.577. The standard InChI is InChI=1S/C2H8N2.Cu.Se/c3-1-2-4;;/h1-4H2;;/q;+2;-2. The SMILES string of the molecule is NCCN.[Cu+2].[Se-2]. The van der Waals surface area contributed by atoms with Gasteiger partial charge in [-0.3, -0.25) is 0 Å². The molecule has 0 unspecified atom stereocenters. The molecule has 0 heterocycles. The van der Waals surface area contributed by atoms with Crippen molar-refractivity contribution in [1.82, 2.24) is 0 Å². The summed E-state index contributed by atoms with van der Waals surface area (Å²) >= 11 is 0. The molecule has 0 rings (SSSR count). The Morgan fingerprint density at radius 2 is 1.17 bits per heavy atom. The number of rotatable bonds is 1. The molecule has 0 aliphatic heterocycles. The van der Waals surface area contributed by atoms with Crippen LogP contribution in [0.25, 0.3) is 0 Å². The summed E-state index contributed by atoms with van der Waals surface area (Å²) in [6.07, 6.45) is 0. The normalized spacial score (nSPS) is 5.00. The largest absolute Gasteiger partial charge is 2.00 e. The molecule has 43 valence electrons. The van der Waals surface area contributed by atoms with Gasteiger partial charge in [-0.2, -0.15) is 0 Å². The van der Waals surface area contributed by atoms with Gasteiger partial charge in [0.25, 0.3) is 0 Å². The molecule has 0 bridgehead atoms. The molecule has 2 nitrogen and oxygen atoms in total. The fourth-order valence-electron chi connectivity index (χ4n) is 0. The topological polar surface area (TPSA) is 52.0 Å². The first-order valence-electron chi connectivity index (χ1n) is 1.32. The molecule has 0 amide bonds. The first-order valence-corrected chi connectivity index (χ1v) is 1.32. The third-order valence-electron chi connectivity index (χ3n) is 0.167. The van der Waals surface area contributed by atoms with E-state index in [-0.39, 0.29) is 34.1 Å². The average molecular weight is 203 g/mol. The molecule has 0 aromatic carbocycles. The van der Waals surface area contributed by atoms with E-state index in [0.29, 0.717) is 13.1 Å². The predicted octanol–water partition coefficient (Wildman–Crippen LogP) is -1.48. The van der Waals surface area contributed by atoms with Crippen LogP contribution in [0.4, 0.5) is 0 Å². The summed E-state index contributed by atoms with van der Waals surface area (Å²) in [6.45, 7) is 1.19. The average Bonchev–Trinajstić information content (AvgIpc) is 1.37. The van der Waals surface area contributed by atoms with Gasteiger partial charge in [-0.1, -0.05) is 0 Å². The van der Waals surface area contributed by atoms with E-state index in [4.69, 9.17) is 11.5 Å². The van der Waals surface area contributed by atoms with E-state index in [9.17, 15) is 0 Å². The molecular formula is C2H8CuN2Se. The van der Waals surface area contributed by atoms with Gasteiger partial charge in [0.05, 0.1) is 0 Å². The van der Waals surface area contributed by atoms with Gasteiger partial charge in [0.1, 0.15) is 0 Å². The van der Waals surface area contributed by atoms with Gasteiger partial charge < -0.3 is 28.5 Å². The minimum Gasteiger partial charge on any atom is -2.00 e. The molecule has 0 saturated carbocycles. The zero-order chi connectivity index (χ0) is 3.41. The summed E-state index contributed by atoms with van der Waals surface area (Å²) in [4.78, 5) is 0. The third-order valence-corrected chi connectivity index (χ3v) is 0.167. The van der Waals surface area contributed by atoms with Gasteiger partial charge in [0.15, 0.2) is 0 Å². The van der Waals surface area contributed by atoms with Crippen molar-refractivity contribution in [3.63, 3.8) is 0 Å². The van der Waals surface area contributed by atoms with Gasteiger partial charge in [0.2, 0.25) is 0 Å². The second kappa shape index (κ2) is 16.7. The summed E-state index contributed by atoms with van der Waals surface area (Å²) in [6, 6.07) is 0. The Hall–Kier alpha value is 0.959. The van der Waals surface area contributed by atoms with Gasteiger partial charge in [0, 0.05) is 13.1 Å². The molecule has 0 aromatic rings. The van der Waals surface area contributed by atoms with Crippen molar-refractivity contribution >= 4 is 17.1 Å². The maximum atomic E-state index is 4.90. The minimum atomic E-state index is 0. The molecular weight excluding hydrogens is 195 g/mol. The summed E-state index contributed by atoms with van der Waals surface area (Å²) in [5.41, 5.74) is 9.81. The molecule has 0 fully saturated rings. The molecule has 0 aromatic heterocycles. The van der Waals surface area contributed by atoms with Crippen LogP contribution in [0.5, 0.6) is 0 Å². The number of hydrogen-bond donors (Lipinski definition) is 2. The van der Waals surface area contributed by atoms with Crippen molar-refractivity contribution in [1.29, 1.82) is 0 Å². The van der Waals surface area contributed by atoms with E-state index in [1.54, 1.807) is 0 Å². The van der Waals surface area contributed by atoms with Crippen LogP contribution < -0.4 is 11.5 Å². The van der Waals surface area contributed by atoms with Crippen LogP contribution in [0, 0.1) is 0 Å². The van der Waals surface area contributed by atoms with Gasteiger partial charge >= 0.3 is 17.1 Å². The molecule has 1 radical (unpaired) electrons. The summed E-state index contributed by atoms with van der Waals surface area (Å²) in [7, 11) is 0.